The molecule has 0 aromatic heterocycles. The summed E-state index contributed by atoms with van der Waals surface area (Å²) in [4.78, 5) is 0. The largest absolute Gasteiger partial charge is 0.487 e. The molecule has 0 spiro atoms. The highest BCUT2D eigenvalue weighted by Gasteiger charge is 2.09. The van der Waals surface area contributed by atoms with Crippen molar-refractivity contribution in [3.63, 3.8) is 0 Å². The molecule has 4 heteroatoms. The van der Waals surface area contributed by atoms with E-state index >= 15 is 0 Å². The number of aryl methyl sites for hydroxylation is 1. The summed E-state index contributed by atoms with van der Waals surface area (Å²) in [6.45, 7) is 3.39. The first-order chi connectivity index (χ1) is 7.67. The van der Waals surface area contributed by atoms with Crippen LogP contribution in [0.5, 0.6) is 5.75 Å². The van der Waals surface area contributed by atoms with Crippen LogP contribution in [-0.2, 0) is 4.74 Å². The van der Waals surface area contributed by atoms with Crippen LogP contribution in [-0.4, -0.2) is 33.4 Å². The van der Waals surface area contributed by atoms with Gasteiger partial charge in [0.15, 0.2) is 0 Å². The van der Waals surface area contributed by atoms with Gasteiger partial charge in [-0.2, -0.15) is 0 Å². The number of hydrogen-bond donors (Lipinski definition) is 1. The van der Waals surface area contributed by atoms with Gasteiger partial charge in [-0.15, -0.1) is 0 Å². The van der Waals surface area contributed by atoms with E-state index < -0.39 is 0 Å². The summed E-state index contributed by atoms with van der Waals surface area (Å²) >= 11 is 3.46. The van der Waals surface area contributed by atoms with Crippen LogP contribution < -0.4 is 10.1 Å². The predicted octanol–water partition coefficient (Wildman–Crippen LogP) is 2.37. The number of nitrogens with one attached hydrogen (secondary N) is 1. The minimum atomic E-state index is 0.0376. The van der Waals surface area contributed by atoms with Crippen LogP contribution in [0.25, 0.3) is 0 Å². The molecule has 0 radical (unpaired) electrons. The minimum Gasteiger partial charge on any atom is -0.487 e. The van der Waals surface area contributed by atoms with Gasteiger partial charge in [-0.05, 0) is 37.7 Å². The van der Waals surface area contributed by atoms with E-state index in [0.717, 1.165) is 22.3 Å². The molecule has 0 fully saturated rings. The highest BCUT2D eigenvalue weighted by Crippen LogP contribution is 2.22. The third kappa shape index (κ3) is 4.12. The predicted molar refractivity (Wildman–Crippen MR) is 69.1 cm³/mol. The molecule has 0 saturated heterocycles. The molecule has 1 N–H and O–H groups in total. The molecule has 1 aromatic rings. The zero-order valence-corrected chi connectivity index (χ0v) is 11.5. The van der Waals surface area contributed by atoms with Crippen molar-refractivity contribution in [3.05, 3.63) is 28.2 Å². The van der Waals surface area contributed by atoms with Crippen LogP contribution in [0.4, 0.5) is 0 Å². The molecule has 1 aromatic carbocycles. The second-order valence-electron chi connectivity index (χ2n) is 3.66. The summed E-state index contributed by atoms with van der Waals surface area (Å²) in [6.07, 6.45) is 0.0376. The van der Waals surface area contributed by atoms with Crippen LogP contribution in [0, 0.1) is 6.92 Å². The average Bonchev–Trinajstić information content (AvgIpc) is 2.24. The van der Waals surface area contributed by atoms with Crippen LogP contribution in [0.15, 0.2) is 22.7 Å². The summed E-state index contributed by atoms with van der Waals surface area (Å²) in [5.41, 5.74) is 1.16. The van der Waals surface area contributed by atoms with Crippen LogP contribution >= 0.6 is 15.9 Å². The van der Waals surface area contributed by atoms with E-state index in [9.17, 15) is 0 Å². The second-order valence-corrected chi connectivity index (χ2v) is 4.52. The molecule has 0 aliphatic heterocycles. The van der Waals surface area contributed by atoms with Gasteiger partial charge in [0.05, 0.1) is 6.61 Å². The SMILES string of the molecule is CNCC(COC)Oc1ccc(Br)c(C)c1. The topological polar surface area (TPSA) is 30.5 Å². The average molecular weight is 288 g/mol. The van der Waals surface area contributed by atoms with Crippen molar-refractivity contribution in [2.45, 2.75) is 13.0 Å². The van der Waals surface area contributed by atoms with Gasteiger partial charge in [-0.25, -0.2) is 0 Å². The third-order valence-electron chi connectivity index (χ3n) is 2.22. The lowest BCUT2D eigenvalue weighted by molar-refractivity contribution is 0.0818. The van der Waals surface area contributed by atoms with E-state index in [1.807, 2.05) is 32.2 Å². The van der Waals surface area contributed by atoms with E-state index in [1.54, 1.807) is 7.11 Å². The highest BCUT2D eigenvalue weighted by atomic mass is 79.9. The Kier molecular flexibility index (Phi) is 5.80. The number of rotatable bonds is 6. The zero-order chi connectivity index (χ0) is 12.0. The van der Waals surface area contributed by atoms with E-state index in [2.05, 4.69) is 21.2 Å². The second kappa shape index (κ2) is 6.89. The van der Waals surface area contributed by atoms with E-state index in [4.69, 9.17) is 9.47 Å². The number of methoxy groups -OCH3 is 1. The first-order valence-electron chi connectivity index (χ1n) is 5.23. The number of hydrogen-bond acceptors (Lipinski definition) is 3. The van der Waals surface area contributed by atoms with Crippen molar-refractivity contribution in [2.75, 3.05) is 27.3 Å². The van der Waals surface area contributed by atoms with Gasteiger partial charge >= 0.3 is 0 Å². The van der Waals surface area contributed by atoms with Gasteiger partial charge in [-0.1, -0.05) is 15.9 Å². The van der Waals surface area contributed by atoms with Crippen LogP contribution in [0.3, 0.4) is 0 Å². The third-order valence-corrected chi connectivity index (χ3v) is 3.11. The van der Waals surface area contributed by atoms with Crippen molar-refractivity contribution in [1.29, 1.82) is 0 Å². The molecule has 0 aliphatic rings. The fraction of sp³-hybridized carbons (Fsp3) is 0.500. The van der Waals surface area contributed by atoms with Crippen molar-refractivity contribution in [3.8, 4) is 5.75 Å². The fourth-order valence-corrected chi connectivity index (χ4v) is 1.68. The van der Waals surface area contributed by atoms with E-state index in [-0.39, 0.29) is 6.10 Å². The summed E-state index contributed by atoms with van der Waals surface area (Å²) in [5, 5.41) is 3.08. The van der Waals surface area contributed by atoms with Crippen LogP contribution in [0.2, 0.25) is 0 Å². The molecule has 3 nitrogen and oxygen atoms in total. The number of likely N-dealkylation sites (N-methyl/N-ethyl adjacent to an activating group) is 1. The minimum absolute atomic E-state index is 0.0376. The summed E-state index contributed by atoms with van der Waals surface area (Å²) in [6, 6.07) is 5.96. The highest BCUT2D eigenvalue weighted by molar-refractivity contribution is 9.10. The molecule has 1 atom stereocenters. The quantitative estimate of drug-likeness (QED) is 0.871. The normalized spacial score (nSPS) is 12.5. The Morgan fingerprint density at radius 2 is 2.19 bits per heavy atom. The van der Waals surface area contributed by atoms with Gasteiger partial charge < -0.3 is 14.8 Å². The molecule has 0 aliphatic carbocycles. The lowest BCUT2D eigenvalue weighted by Crippen LogP contribution is -2.33. The Morgan fingerprint density at radius 3 is 2.75 bits per heavy atom. The number of benzene rings is 1. The van der Waals surface area contributed by atoms with Crippen molar-refractivity contribution < 1.29 is 9.47 Å². The van der Waals surface area contributed by atoms with Gasteiger partial charge in [0.25, 0.3) is 0 Å². The maximum atomic E-state index is 5.82. The van der Waals surface area contributed by atoms with Crippen molar-refractivity contribution in [1.82, 2.24) is 5.32 Å². The molecule has 0 saturated carbocycles. The van der Waals surface area contributed by atoms with Gasteiger partial charge in [0, 0.05) is 18.1 Å². The van der Waals surface area contributed by atoms with Crippen molar-refractivity contribution >= 4 is 15.9 Å². The van der Waals surface area contributed by atoms with Gasteiger partial charge in [0.1, 0.15) is 11.9 Å². The Bertz CT molecular complexity index is 325. The fourth-order valence-electron chi connectivity index (χ4n) is 1.43. The molecular formula is C12H18BrNO2. The summed E-state index contributed by atoms with van der Waals surface area (Å²) in [7, 11) is 3.58. The molecule has 16 heavy (non-hydrogen) atoms. The molecular weight excluding hydrogens is 270 g/mol. The molecule has 90 valence electrons. The van der Waals surface area contributed by atoms with E-state index in [0.29, 0.717) is 6.61 Å². The number of halogens is 1. The Hall–Kier alpha value is -0.580. The zero-order valence-electron chi connectivity index (χ0n) is 9.92. The van der Waals surface area contributed by atoms with Crippen molar-refractivity contribution in [2.24, 2.45) is 0 Å². The smallest absolute Gasteiger partial charge is 0.134 e. The first kappa shape index (κ1) is 13.5. The lowest BCUT2D eigenvalue weighted by atomic mass is 10.2. The molecule has 0 amide bonds. The first-order valence-corrected chi connectivity index (χ1v) is 6.03. The lowest BCUT2D eigenvalue weighted by Gasteiger charge is -2.18. The molecule has 0 heterocycles. The number of ether oxygens (including phenoxy) is 2. The van der Waals surface area contributed by atoms with Crippen LogP contribution in [0.1, 0.15) is 5.56 Å². The molecule has 0 bridgehead atoms. The van der Waals surface area contributed by atoms with Gasteiger partial charge in [0.2, 0.25) is 0 Å². The van der Waals surface area contributed by atoms with E-state index in [1.165, 1.54) is 0 Å². The summed E-state index contributed by atoms with van der Waals surface area (Å²) < 4.78 is 12.0. The Balaban J connectivity index is 2.65. The maximum Gasteiger partial charge on any atom is 0.134 e. The molecule has 1 unspecified atom stereocenters. The van der Waals surface area contributed by atoms with Gasteiger partial charge in [-0.3, -0.25) is 0 Å². The Labute approximate surface area is 105 Å². The monoisotopic (exact) mass is 287 g/mol. The summed E-state index contributed by atoms with van der Waals surface area (Å²) in [5.74, 6) is 0.873. The molecule has 1 rings (SSSR count). The maximum absolute atomic E-state index is 5.82. The standard InChI is InChI=1S/C12H18BrNO2/c1-9-6-10(4-5-12(9)13)16-11(7-14-2)8-15-3/h4-6,11,14H,7-8H2,1-3H3. The Morgan fingerprint density at radius 1 is 1.44 bits per heavy atom.